The Morgan fingerprint density at radius 3 is 2.68 bits per heavy atom. The summed E-state index contributed by atoms with van der Waals surface area (Å²) >= 11 is 0. The van der Waals surface area contributed by atoms with Crippen LogP contribution in [0.3, 0.4) is 0 Å². The van der Waals surface area contributed by atoms with Crippen LogP contribution >= 0.6 is 0 Å². The molecule has 22 heavy (non-hydrogen) atoms. The van der Waals surface area contributed by atoms with Gasteiger partial charge in [0.25, 0.3) is 0 Å². The number of rotatable bonds is 7. The van der Waals surface area contributed by atoms with Gasteiger partial charge in [-0.05, 0) is 51.0 Å². The van der Waals surface area contributed by atoms with Gasteiger partial charge < -0.3 is 14.8 Å². The monoisotopic (exact) mass is 303 g/mol. The number of hydrogen-bond acceptors (Lipinski definition) is 3. The summed E-state index contributed by atoms with van der Waals surface area (Å²) in [6.45, 7) is 5.99. The summed E-state index contributed by atoms with van der Waals surface area (Å²) in [5, 5.41) is 3.76. The van der Waals surface area contributed by atoms with Crippen LogP contribution < -0.4 is 5.32 Å². The number of hydrogen-bond donors (Lipinski definition) is 1. The SMILES string of the molecule is CC(NC1CCOC(C2CC2)C1)C(C)OCc1ccccc1. The lowest BCUT2D eigenvalue weighted by Gasteiger charge is -2.34. The van der Waals surface area contributed by atoms with E-state index in [-0.39, 0.29) is 6.10 Å². The Hall–Kier alpha value is -0.900. The van der Waals surface area contributed by atoms with Crippen molar-refractivity contribution in [2.75, 3.05) is 6.61 Å². The summed E-state index contributed by atoms with van der Waals surface area (Å²) in [5.41, 5.74) is 1.24. The van der Waals surface area contributed by atoms with Crippen molar-refractivity contribution in [3.63, 3.8) is 0 Å². The lowest BCUT2D eigenvalue weighted by Crippen LogP contribution is -2.47. The third-order valence-electron chi connectivity index (χ3n) is 5.02. The standard InChI is InChI=1S/C19H29NO2/c1-14(15(2)22-13-16-6-4-3-5-7-16)20-18-10-11-21-19(12-18)17-8-9-17/h3-7,14-15,17-20H,8-13H2,1-2H3. The largest absolute Gasteiger partial charge is 0.378 e. The van der Waals surface area contributed by atoms with Crippen molar-refractivity contribution in [2.45, 2.75) is 70.4 Å². The maximum Gasteiger partial charge on any atom is 0.0721 e. The van der Waals surface area contributed by atoms with Crippen LogP contribution in [0.4, 0.5) is 0 Å². The third-order valence-corrected chi connectivity index (χ3v) is 5.02. The average molecular weight is 303 g/mol. The molecule has 1 aromatic rings. The highest BCUT2D eigenvalue weighted by atomic mass is 16.5. The quantitative estimate of drug-likeness (QED) is 0.836. The maximum atomic E-state index is 6.02. The van der Waals surface area contributed by atoms with E-state index in [1.165, 1.54) is 24.8 Å². The average Bonchev–Trinajstić information content (AvgIpc) is 3.39. The zero-order valence-corrected chi connectivity index (χ0v) is 13.8. The van der Waals surface area contributed by atoms with E-state index in [0.29, 0.717) is 24.8 Å². The van der Waals surface area contributed by atoms with Gasteiger partial charge in [-0.15, -0.1) is 0 Å². The van der Waals surface area contributed by atoms with Gasteiger partial charge in [-0.3, -0.25) is 0 Å². The molecule has 0 aromatic heterocycles. The minimum atomic E-state index is 0.211. The highest BCUT2D eigenvalue weighted by Gasteiger charge is 2.36. The molecule has 1 heterocycles. The van der Waals surface area contributed by atoms with Crippen molar-refractivity contribution in [1.29, 1.82) is 0 Å². The van der Waals surface area contributed by atoms with Gasteiger partial charge in [0.05, 0.1) is 18.8 Å². The smallest absolute Gasteiger partial charge is 0.0721 e. The Morgan fingerprint density at radius 2 is 1.95 bits per heavy atom. The molecule has 1 saturated heterocycles. The second kappa shape index (κ2) is 7.58. The van der Waals surface area contributed by atoms with Crippen molar-refractivity contribution >= 4 is 0 Å². The second-order valence-electron chi connectivity index (χ2n) is 6.93. The van der Waals surface area contributed by atoms with Gasteiger partial charge in [0.1, 0.15) is 0 Å². The molecule has 1 aliphatic heterocycles. The predicted octanol–water partition coefficient (Wildman–Crippen LogP) is 3.53. The van der Waals surface area contributed by atoms with E-state index < -0.39 is 0 Å². The van der Waals surface area contributed by atoms with Gasteiger partial charge in [-0.2, -0.15) is 0 Å². The first-order valence-corrected chi connectivity index (χ1v) is 8.75. The number of ether oxygens (including phenoxy) is 2. The van der Waals surface area contributed by atoms with Crippen LogP contribution in [0.5, 0.6) is 0 Å². The Morgan fingerprint density at radius 1 is 1.18 bits per heavy atom. The summed E-state index contributed by atoms with van der Waals surface area (Å²) < 4.78 is 11.9. The fraction of sp³-hybridized carbons (Fsp3) is 0.684. The fourth-order valence-electron chi connectivity index (χ4n) is 3.23. The Labute approximate surface area is 134 Å². The first-order valence-electron chi connectivity index (χ1n) is 8.75. The molecular formula is C19H29NO2. The van der Waals surface area contributed by atoms with Gasteiger partial charge in [0, 0.05) is 18.7 Å². The van der Waals surface area contributed by atoms with Crippen LogP contribution in [-0.2, 0) is 16.1 Å². The summed E-state index contributed by atoms with van der Waals surface area (Å²) in [5.74, 6) is 0.840. The molecule has 0 amide bonds. The summed E-state index contributed by atoms with van der Waals surface area (Å²) in [7, 11) is 0. The van der Waals surface area contributed by atoms with Crippen molar-refractivity contribution in [1.82, 2.24) is 5.32 Å². The van der Waals surface area contributed by atoms with Crippen molar-refractivity contribution < 1.29 is 9.47 Å². The zero-order chi connectivity index (χ0) is 15.4. The molecule has 1 aliphatic carbocycles. The van der Waals surface area contributed by atoms with Crippen molar-refractivity contribution in [3.05, 3.63) is 35.9 Å². The first kappa shape index (κ1) is 16.0. The molecule has 0 radical (unpaired) electrons. The molecule has 3 rings (SSSR count). The number of benzene rings is 1. The van der Waals surface area contributed by atoms with Gasteiger partial charge in [-0.25, -0.2) is 0 Å². The van der Waals surface area contributed by atoms with E-state index in [9.17, 15) is 0 Å². The van der Waals surface area contributed by atoms with Gasteiger partial charge in [0.15, 0.2) is 0 Å². The molecule has 2 fully saturated rings. The van der Waals surface area contributed by atoms with Crippen molar-refractivity contribution in [3.8, 4) is 0 Å². The topological polar surface area (TPSA) is 30.5 Å². The summed E-state index contributed by atoms with van der Waals surface area (Å²) in [6.07, 6.45) is 5.73. The molecule has 1 saturated carbocycles. The predicted molar refractivity (Wildman–Crippen MR) is 88.8 cm³/mol. The normalized spacial score (nSPS) is 28.3. The summed E-state index contributed by atoms with van der Waals surface area (Å²) in [6, 6.07) is 11.3. The van der Waals surface area contributed by atoms with Crippen LogP contribution in [0.25, 0.3) is 0 Å². The molecule has 0 spiro atoms. The molecule has 4 unspecified atom stereocenters. The second-order valence-corrected chi connectivity index (χ2v) is 6.93. The molecule has 3 heteroatoms. The van der Waals surface area contributed by atoms with E-state index in [0.717, 1.165) is 18.9 Å². The molecule has 3 nitrogen and oxygen atoms in total. The molecule has 122 valence electrons. The highest BCUT2D eigenvalue weighted by Crippen LogP contribution is 2.38. The maximum absolute atomic E-state index is 6.02. The Balaban J connectivity index is 1.41. The molecular weight excluding hydrogens is 274 g/mol. The van der Waals surface area contributed by atoms with Crippen LogP contribution in [0.15, 0.2) is 30.3 Å². The number of nitrogens with one attached hydrogen (secondary N) is 1. The minimum Gasteiger partial charge on any atom is -0.378 e. The Kier molecular flexibility index (Phi) is 5.51. The highest BCUT2D eigenvalue weighted by molar-refractivity contribution is 5.13. The van der Waals surface area contributed by atoms with Gasteiger partial charge in [-0.1, -0.05) is 30.3 Å². The molecule has 1 aromatic carbocycles. The first-order chi connectivity index (χ1) is 10.7. The van der Waals surface area contributed by atoms with Crippen LogP contribution in [0.2, 0.25) is 0 Å². The van der Waals surface area contributed by atoms with E-state index in [4.69, 9.17) is 9.47 Å². The third kappa shape index (κ3) is 4.55. The van der Waals surface area contributed by atoms with Gasteiger partial charge in [0.2, 0.25) is 0 Å². The lowest BCUT2D eigenvalue weighted by molar-refractivity contribution is -0.0213. The van der Waals surface area contributed by atoms with Gasteiger partial charge >= 0.3 is 0 Å². The van der Waals surface area contributed by atoms with E-state index in [1.807, 2.05) is 6.07 Å². The van der Waals surface area contributed by atoms with Crippen LogP contribution in [-0.4, -0.2) is 30.9 Å². The molecule has 1 N–H and O–H groups in total. The van der Waals surface area contributed by atoms with E-state index in [2.05, 4.69) is 43.4 Å². The molecule has 0 bridgehead atoms. The Bertz CT molecular complexity index is 446. The lowest BCUT2D eigenvalue weighted by atomic mass is 9.99. The summed E-state index contributed by atoms with van der Waals surface area (Å²) in [4.78, 5) is 0. The fourth-order valence-corrected chi connectivity index (χ4v) is 3.23. The minimum absolute atomic E-state index is 0.211. The van der Waals surface area contributed by atoms with Crippen molar-refractivity contribution in [2.24, 2.45) is 5.92 Å². The van der Waals surface area contributed by atoms with E-state index in [1.54, 1.807) is 0 Å². The molecule has 4 atom stereocenters. The van der Waals surface area contributed by atoms with Crippen LogP contribution in [0.1, 0.15) is 45.1 Å². The van der Waals surface area contributed by atoms with E-state index >= 15 is 0 Å². The zero-order valence-electron chi connectivity index (χ0n) is 13.8. The molecule has 2 aliphatic rings. The van der Waals surface area contributed by atoms with Crippen LogP contribution in [0, 0.1) is 5.92 Å².